The van der Waals surface area contributed by atoms with E-state index in [2.05, 4.69) is 13.2 Å². The van der Waals surface area contributed by atoms with E-state index in [4.69, 9.17) is 4.74 Å². The van der Waals surface area contributed by atoms with Crippen molar-refractivity contribution >= 4 is 11.6 Å². The molecule has 0 radical (unpaired) electrons. The predicted molar refractivity (Wildman–Crippen MR) is 75.6 cm³/mol. The number of amides is 1. The minimum Gasteiger partial charge on any atom is -0.477 e. The lowest BCUT2D eigenvalue weighted by Gasteiger charge is -2.19. The molecule has 0 N–H and O–H groups in total. The maximum atomic E-state index is 11.9. The number of hydrogen-bond donors (Lipinski definition) is 0. The summed E-state index contributed by atoms with van der Waals surface area (Å²) in [6, 6.07) is 5.93. The van der Waals surface area contributed by atoms with E-state index in [1.54, 1.807) is 18.2 Å². The third kappa shape index (κ3) is 4.24. The molecule has 6 nitrogen and oxygen atoms in total. The third-order valence-corrected chi connectivity index (χ3v) is 2.46. The van der Waals surface area contributed by atoms with Crippen LogP contribution in [-0.4, -0.2) is 35.4 Å². The van der Waals surface area contributed by atoms with E-state index < -0.39 is 4.92 Å². The second-order valence-corrected chi connectivity index (χ2v) is 3.89. The zero-order valence-corrected chi connectivity index (χ0v) is 11.0. The van der Waals surface area contributed by atoms with Crippen LogP contribution in [0, 0.1) is 10.1 Å². The first-order valence-electron chi connectivity index (χ1n) is 5.96. The van der Waals surface area contributed by atoms with E-state index in [0.717, 1.165) is 0 Å². The number of benzene rings is 1. The highest BCUT2D eigenvalue weighted by Gasteiger charge is 2.17. The normalized spacial score (nSPS) is 9.60. The Bertz CT molecular complexity index is 504. The average molecular weight is 276 g/mol. The molecule has 106 valence electrons. The SMILES string of the molecule is C=CCN(CC=C)C(=O)COc1ccccc1[N+](=O)[O-]. The number of nitro benzene ring substituents is 1. The Morgan fingerprint density at radius 2 is 1.90 bits per heavy atom. The fourth-order valence-electron chi connectivity index (χ4n) is 1.55. The molecule has 1 aromatic rings. The maximum absolute atomic E-state index is 11.9. The van der Waals surface area contributed by atoms with Gasteiger partial charge in [-0.25, -0.2) is 0 Å². The van der Waals surface area contributed by atoms with Gasteiger partial charge >= 0.3 is 5.69 Å². The molecule has 0 aliphatic carbocycles. The van der Waals surface area contributed by atoms with E-state index >= 15 is 0 Å². The van der Waals surface area contributed by atoms with Crippen molar-refractivity contribution in [3.63, 3.8) is 0 Å². The second-order valence-electron chi connectivity index (χ2n) is 3.89. The van der Waals surface area contributed by atoms with Crippen LogP contribution >= 0.6 is 0 Å². The van der Waals surface area contributed by atoms with Crippen molar-refractivity contribution in [2.45, 2.75) is 0 Å². The number of nitro groups is 1. The van der Waals surface area contributed by atoms with Crippen LogP contribution in [0.25, 0.3) is 0 Å². The largest absolute Gasteiger partial charge is 0.477 e. The van der Waals surface area contributed by atoms with Crippen molar-refractivity contribution in [2.75, 3.05) is 19.7 Å². The monoisotopic (exact) mass is 276 g/mol. The summed E-state index contributed by atoms with van der Waals surface area (Å²) in [5.41, 5.74) is -0.167. The van der Waals surface area contributed by atoms with Crippen LogP contribution in [0.1, 0.15) is 0 Å². The van der Waals surface area contributed by atoms with Gasteiger partial charge in [0.25, 0.3) is 5.91 Å². The highest BCUT2D eigenvalue weighted by Crippen LogP contribution is 2.25. The summed E-state index contributed by atoms with van der Waals surface area (Å²) in [5.74, 6) is -0.217. The lowest BCUT2D eigenvalue weighted by molar-refractivity contribution is -0.385. The number of carbonyl (C=O) groups excluding carboxylic acids is 1. The van der Waals surface area contributed by atoms with Gasteiger partial charge in [0.05, 0.1) is 4.92 Å². The van der Waals surface area contributed by atoms with Crippen LogP contribution in [0.2, 0.25) is 0 Å². The predicted octanol–water partition coefficient (Wildman–Crippen LogP) is 2.17. The Morgan fingerprint density at radius 3 is 2.45 bits per heavy atom. The molecule has 6 heteroatoms. The number of nitrogens with zero attached hydrogens (tertiary/aromatic N) is 2. The molecule has 0 bridgehead atoms. The highest BCUT2D eigenvalue weighted by atomic mass is 16.6. The lowest BCUT2D eigenvalue weighted by Crippen LogP contribution is -2.35. The van der Waals surface area contributed by atoms with E-state index in [1.807, 2.05) is 0 Å². The lowest BCUT2D eigenvalue weighted by atomic mass is 10.3. The van der Waals surface area contributed by atoms with Crippen LogP contribution in [0.5, 0.6) is 5.75 Å². The van der Waals surface area contributed by atoms with Gasteiger partial charge in [-0.15, -0.1) is 13.2 Å². The number of carbonyl (C=O) groups is 1. The third-order valence-electron chi connectivity index (χ3n) is 2.46. The Hall–Kier alpha value is -2.63. The van der Waals surface area contributed by atoms with E-state index in [0.29, 0.717) is 13.1 Å². The zero-order valence-electron chi connectivity index (χ0n) is 11.0. The van der Waals surface area contributed by atoms with Crippen LogP contribution in [0.15, 0.2) is 49.6 Å². The van der Waals surface area contributed by atoms with Crippen molar-refractivity contribution in [3.05, 3.63) is 59.7 Å². The molecular formula is C14H16N2O4. The first-order chi connectivity index (χ1) is 9.60. The molecule has 1 amide bonds. The first-order valence-corrected chi connectivity index (χ1v) is 5.96. The molecule has 1 aromatic carbocycles. The molecule has 1 rings (SSSR count). The van der Waals surface area contributed by atoms with E-state index in [1.165, 1.54) is 23.1 Å². The molecule has 0 saturated heterocycles. The molecule has 0 saturated carbocycles. The van der Waals surface area contributed by atoms with Crippen molar-refractivity contribution in [3.8, 4) is 5.75 Å². The Morgan fingerprint density at radius 1 is 1.30 bits per heavy atom. The standard InChI is InChI=1S/C14H16N2O4/c1-3-9-15(10-4-2)14(17)11-20-13-8-6-5-7-12(13)16(18)19/h3-8H,1-2,9-11H2. The Kier molecular flexibility index (Phi) is 5.96. The molecular weight excluding hydrogens is 260 g/mol. The molecule has 0 aliphatic rings. The summed E-state index contributed by atoms with van der Waals surface area (Å²) in [6.07, 6.45) is 3.18. The van der Waals surface area contributed by atoms with Crippen LogP contribution in [0.4, 0.5) is 5.69 Å². The zero-order chi connectivity index (χ0) is 15.0. The number of hydrogen-bond acceptors (Lipinski definition) is 4. The van der Waals surface area contributed by atoms with Gasteiger partial charge in [-0.05, 0) is 6.07 Å². The molecule has 0 spiro atoms. The number of para-hydroxylation sites is 2. The fraction of sp³-hybridized carbons (Fsp3) is 0.214. The Labute approximate surface area is 117 Å². The summed E-state index contributed by atoms with van der Waals surface area (Å²) in [6.45, 7) is 7.59. The van der Waals surface area contributed by atoms with Crippen LogP contribution < -0.4 is 4.74 Å². The molecule has 0 unspecified atom stereocenters. The summed E-state index contributed by atoms with van der Waals surface area (Å²) < 4.78 is 5.23. The quantitative estimate of drug-likeness (QED) is 0.414. The summed E-state index contributed by atoms with van der Waals surface area (Å²) in [7, 11) is 0. The molecule has 0 aromatic heterocycles. The van der Waals surface area contributed by atoms with Crippen molar-refractivity contribution in [2.24, 2.45) is 0 Å². The summed E-state index contributed by atoms with van der Waals surface area (Å²) in [4.78, 5) is 23.7. The van der Waals surface area contributed by atoms with Gasteiger partial charge in [0.1, 0.15) is 0 Å². The smallest absolute Gasteiger partial charge is 0.310 e. The number of rotatable bonds is 8. The van der Waals surface area contributed by atoms with Crippen molar-refractivity contribution in [1.82, 2.24) is 4.90 Å². The molecule has 0 heterocycles. The highest BCUT2D eigenvalue weighted by molar-refractivity contribution is 5.78. The molecule has 0 atom stereocenters. The molecule has 0 fully saturated rings. The average Bonchev–Trinajstić information content (AvgIpc) is 2.44. The van der Waals surface area contributed by atoms with Gasteiger partial charge in [0.15, 0.2) is 12.4 Å². The van der Waals surface area contributed by atoms with Gasteiger partial charge in [-0.3, -0.25) is 14.9 Å². The first kappa shape index (κ1) is 15.4. The van der Waals surface area contributed by atoms with Crippen LogP contribution in [-0.2, 0) is 4.79 Å². The van der Waals surface area contributed by atoms with E-state index in [9.17, 15) is 14.9 Å². The fourth-order valence-corrected chi connectivity index (χ4v) is 1.55. The summed E-state index contributed by atoms with van der Waals surface area (Å²) in [5, 5.41) is 10.8. The second kappa shape index (κ2) is 7.73. The van der Waals surface area contributed by atoms with Crippen molar-refractivity contribution in [1.29, 1.82) is 0 Å². The maximum Gasteiger partial charge on any atom is 0.310 e. The minimum absolute atomic E-state index is 0.0722. The van der Waals surface area contributed by atoms with Crippen molar-refractivity contribution < 1.29 is 14.5 Å². The van der Waals surface area contributed by atoms with Gasteiger partial charge in [0.2, 0.25) is 0 Å². The van der Waals surface area contributed by atoms with Gasteiger partial charge in [-0.2, -0.15) is 0 Å². The summed E-state index contributed by atoms with van der Waals surface area (Å²) >= 11 is 0. The Balaban J connectivity index is 2.71. The van der Waals surface area contributed by atoms with Gasteiger partial charge in [-0.1, -0.05) is 24.3 Å². The van der Waals surface area contributed by atoms with Gasteiger partial charge in [0, 0.05) is 19.2 Å². The molecule has 20 heavy (non-hydrogen) atoms. The number of ether oxygens (including phenoxy) is 1. The van der Waals surface area contributed by atoms with Gasteiger partial charge < -0.3 is 9.64 Å². The molecule has 0 aliphatic heterocycles. The van der Waals surface area contributed by atoms with E-state index in [-0.39, 0.29) is 24.0 Å². The topological polar surface area (TPSA) is 72.7 Å². The van der Waals surface area contributed by atoms with Crippen LogP contribution in [0.3, 0.4) is 0 Å². The minimum atomic E-state index is -0.551.